The van der Waals surface area contributed by atoms with Gasteiger partial charge in [-0.3, -0.25) is 0 Å². The van der Waals surface area contributed by atoms with Crippen LogP contribution in [0.25, 0.3) is 0 Å². The van der Waals surface area contributed by atoms with Crippen LogP contribution in [0.15, 0.2) is 0 Å². The Kier molecular flexibility index (Phi) is 11.5. The van der Waals surface area contributed by atoms with E-state index in [1.54, 1.807) is 0 Å². The molecule has 176 valence electrons. The summed E-state index contributed by atoms with van der Waals surface area (Å²) in [4.78, 5) is 5.21. The fraction of sp³-hybridized carbons (Fsp3) is 1.00. The number of ether oxygens (including phenoxy) is 2. The lowest BCUT2D eigenvalue weighted by atomic mass is 9.77. The van der Waals surface area contributed by atoms with Crippen molar-refractivity contribution < 1.29 is 9.47 Å². The second-order valence-electron chi connectivity index (χ2n) is 10.3. The molecule has 0 aromatic carbocycles. The van der Waals surface area contributed by atoms with Crippen molar-refractivity contribution >= 4 is 0 Å². The zero-order chi connectivity index (χ0) is 21.0. The molecular weight excluding hydrogens is 372 g/mol. The summed E-state index contributed by atoms with van der Waals surface area (Å²) in [5, 5.41) is 0. The summed E-state index contributed by atoms with van der Waals surface area (Å²) < 4.78 is 12.4. The van der Waals surface area contributed by atoms with E-state index in [4.69, 9.17) is 9.47 Å². The predicted octanol–water partition coefficient (Wildman–Crippen LogP) is 5.36. The van der Waals surface area contributed by atoms with Crippen LogP contribution in [0, 0.1) is 11.8 Å². The minimum atomic E-state index is 0.446. The number of hydrogen-bond acceptors (Lipinski definition) is 4. The molecule has 4 unspecified atom stereocenters. The molecule has 2 aliphatic heterocycles. The Bertz CT molecular complexity index is 447. The maximum Gasteiger partial charge on any atom is 0.0593 e. The van der Waals surface area contributed by atoms with Crippen LogP contribution >= 0.6 is 0 Å². The molecule has 30 heavy (non-hydrogen) atoms. The molecule has 0 N–H and O–H groups in total. The zero-order valence-corrected chi connectivity index (χ0v) is 20.2. The van der Waals surface area contributed by atoms with Gasteiger partial charge in [0.1, 0.15) is 0 Å². The first-order chi connectivity index (χ1) is 14.8. The number of piperidine rings is 1. The van der Waals surface area contributed by atoms with E-state index in [0.29, 0.717) is 6.10 Å². The van der Waals surface area contributed by atoms with Crippen LogP contribution in [0.3, 0.4) is 0 Å². The van der Waals surface area contributed by atoms with Crippen molar-refractivity contribution in [3.63, 3.8) is 0 Å². The monoisotopic (exact) mass is 422 g/mol. The second-order valence-corrected chi connectivity index (χ2v) is 10.3. The van der Waals surface area contributed by atoms with Gasteiger partial charge in [-0.05, 0) is 96.3 Å². The fourth-order valence-corrected chi connectivity index (χ4v) is 6.01. The largest absolute Gasteiger partial charge is 0.380 e. The molecule has 1 saturated carbocycles. The Morgan fingerprint density at radius 2 is 1.70 bits per heavy atom. The summed E-state index contributed by atoms with van der Waals surface area (Å²) in [6.45, 7) is 10.0. The van der Waals surface area contributed by atoms with Gasteiger partial charge in [0.2, 0.25) is 0 Å². The molecule has 4 heteroatoms. The van der Waals surface area contributed by atoms with E-state index in [1.165, 1.54) is 96.7 Å². The van der Waals surface area contributed by atoms with E-state index in [0.717, 1.165) is 50.7 Å². The standard InChI is InChI=1S/C26H50N2O2/c1-3-26(21-25-14-6-7-15-27(25)2)30-19-9-8-16-28-17-10-13-23-11-4-5-12-24(23)22-29-20-18-28/h23-26H,3-22H2,1-2H3. The molecule has 1 aliphatic carbocycles. The molecule has 0 spiro atoms. The minimum Gasteiger partial charge on any atom is -0.380 e. The number of unbranched alkanes of at least 4 members (excludes halogenated alkanes) is 1. The summed E-state index contributed by atoms with van der Waals surface area (Å²) in [5.41, 5.74) is 0. The number of likely N-dealkylation sites (tertiary alicyclic amines) is 1. The van der Waals surface area contributed by atoms with E-state index in [1.807, 2.05) is 0 Å². The highest BCUT2D eigenvalue weighted by Crippen LogP contribution is 2.33. The van der Waals surface area contributed by atoms with Crippen molar-refractivity contribution in [2.45, 2.75) is 103 Å². The van der Waals surface area contributed by atoms with Crippen molar-refractivity contribution in [3.05, 3.63) is 0 Å². The lowest BCUT2D eigenvalue weighted by Gasteiger charge is -2.34. The van der Waals surface area contributed by atoms with Gasteiger partial charge in [0, 0.05) is 25.8 Å². The van der Waals surface area contributed by atoms with Crippen LogP contribution < -0.4 is 0 Å². The fourth-order valence-electron chi connectivity index (χ4n) is 6.01. The molecule has 0 aromatic rings. The summed E-state index contributed by atoms with van der Waals surface area (Å²) >= 11 is 0. The molecule has 3 rings (SSSR count). The van der Waals surface area contributed by atoms with E-state index in [2.05, 4.69) is 23.8 Å². The third kappa shape index (κ3) is 8.41. The third-order valence-electron chi connectivity index (χ3n) is 8.13. The molecule has 3 aliphatic rings. The van der Waals surface area contributed by atoms with Gasteiger partial charge in [0.05, 0.1) is 12.7 Å². The molecule has 2 saturated heterocycles. The lowest BCUT2D eigenvalue weighted by Crippen LogP contribution is -2.39. The van der Waals surface area contributed by atoms with Gasteiger partial charge in [-0.15, -0.1) is 0 Å². The predicted molar refractivity (Wildman–Crippen MR) is 126 cm³/mol. The van der Waals surface area contributed by atoms with E-state index >= 15 is 0 Å². The SMILES string of the molecule is CCC(CC1CCCCN1C)OCCCCN1CCCC2CCCCC2COCC1. The Balaban J connectivity index is 1.28. The van der Waals surface area contributed by atoms with E-state index < -0.39 is 0 Å². The van der Waals surface area contributed by atoms with Gasteiger partial charge in [0.15, 0.2) is 0 Å². The number of fused-ring (bicyclic) bond motifs is 1. The van der Waals surface area contributed by atoms with E-state index in [-0.39, 0.29) is 0 Å². The first-order valence-electron chi connectivity index (χ1n) is 13.4. The smallest absolute Gasteiger partial charge is 0.0593 e. The van der Waals surface area contributed by atoms with Crippen LogP contribution in [0.5, 0.6) is 0 Å². The molecule has 4 nitrogen and oxygen atoms in total. The summed E-state index contributed by atoms with van der Waals surface area (Å²) in [6.07, 6.45) is 17.9. The molecule has 4 atom stereocenters. The van der Waals surface area contributed by atoms with Crippen LogP contribution in [0.4, 0.5) is 0 Å². The number of hydrogen-bond donors (Lipinski definition) is 0. The zero-order valence-electron chi connectivity index (χ0n) is 20.2. The molecule has 0 bridgehead atoms. The van der Waals surface area contributed by atoms with Gasteiger partial charge in [-0.25, -0.2) is 0 Å². The highest BCUT2D eigenvalue weighted by atomic mass is 16.5. The third-order valence-corrected chi connectivity index (χ3v) is 8.13. The minimum absolute atomic E-state index is 0.446. The van der Waals surface area contributed by atoms with Crippen molar-refractivity contribution in [2.75, 3.05) is 53.0 Å². The molecular formula is C26H50N2O2. The van der Waals surface area contributed by atoms with Crippen molar-refractivity contribution in [1.82, 2.24) is 9.80 Å². The average molecular weight is 423 g/mol. The van der Waals surface area contributed by atoms with Crippen LogP contribution in [-0.2, 0) is 9.47 Å². The average Bonchev–Trinajstić information content (AvgIpc) is 2.77. The normalized spacial score (nSPS) is 31.2. The highest BCUT2D eigenvalue weighted by molar-refractivity contribution is 4.78. The number of rotatable bonds is 9. The molecule has 0 amide bonds. The summed E-state index contributed by atoms with van der Waals surface area (Å²) in [7, 11) is 2.29. The van der Waals surface area contributed by atoms with E-state index in [9.17, 15) is 0 Å². The first-order valence-corrected chi connectivity index (χ1v) is 13.4. The van der Waals surface area contributed by atoms with Crippen molar-refractivity contribution in [2.24, 2.45) is 11.8 Å². The van der Waals surface area contributed by atoms with Crippen LogP contribution in [0.1, 0.15) is 90.4 Å². The van der Waals surface area contributed by atoms with Gasteiger partial charge in [-0.1, -0.05) is 32.6 Å². The maximum atomic E-state index is 6.30. The second kappa shape index (κ2) is 14.1. The van der Waals surface area contributed by atoms with Gasteiger partial charge >= 0.3 is 0 Å². The quantitative estimate of drug-likeness (QED) is 0.467. The highest BCUT2D eigenvalue weighted by Gasteiger charge is 2.26. The molecule has 2 heterocycles. The summed E-state index contributed by atoms with van der Waals surface area (Å²) in [5.74, 6) is 1.78. The molecule has 0 aromatic heterocycles. The molecule has 0 radical (unpaired) electrons. The maximum absolute atomic E-state index is 6.30. The van der Waals surface area contributed by atoms with Crippen molar-refractivity contribution in [3.8, 4) is 0 Å². The summed E-state index contributed by atoms with van der Waals surface area (Å²) in [6, 6.07) is 0.738. The Labute approximate surface area is 187 Å². The number of nitrogens with zero attached hydrogens (tertiary/aromatic N) is 2. The van der Waals surface area contributed by atoms with Crippen LogP contribution in [0.2, 0.25) is 0 Å². The van der Waals surface area contributed by atoms with Gasteiger partial charge in [0.25, 0.3) is 0 Å². The first kappa shape index (κ1) is 24.5. The Hall–Kier alpha value is -0.160. The van der Waals surface area contributed by atoms with Crippen molar-refractivity contribution in [1.29, 1.82) is 0 Å². The van der Waals surface area contributed by atoms with Gasteiger partial charge in [-0.2, -0.15) is 0 Å². The lowest BCUT2D eigenvalue weighted by molar-refractivity contribution is 0.0153. The topological polar surface area (TPSA) is 24.9 Å². The van der Waals surface area contributed by atoms with Gasteiger partial charge < -0.3 is 19.3 Å². The Morgan fingerprint density at radius 3 is 2.53 bits per heavy atom. The Morgan fingerprint density at radius 1 is 0.900 bits per heavy atom. The van der Waals surface area contributed by atoms with Crippen LogP contribution in [-0.4, -0.2) is 75.0 Å². The molecule has 3 fully saturated rings.